The number of aromatic nitrogens is 1. The monoisotopic (exact) mass is 552 g/mol. The van der Waals surface area contributed by atoms with Crippen LogP contribution in [-0.2, 0) is 10.0 Å². The molecule has 204 valence electrons. The minimum atomic E-state index is -3.76. The smallest absolute Gasteiger partial charge is 0.264 e. The molecule has 1 aromatic heterocycles. The van der Waals surface area contributed by atoms with Gasteiger partial charge in [-0.2, -0.15) is 0 Å². The molecule has 0 fully saturated rings. The number of benzene rings is 4. The van der Waals surface area contributed by atoms with Crippen molar-refractivity contribution in [2.24, 2.45) is 0 Å². The van der Waals surface area contributed by atoms with Gasteiger partial charge in [0.25, 0.3) is 15.9 Å². The summed E-state index contributed by atoms with van der Waals surface area (Å²) in [5, 5.41) is 4.18. The third kappa shape index (κ3) is 5.44. The Hall–Kier alpha value is -4.56. The number of carbonyl (C=O) groups excluding carboxylic acids is 1. The van der Waals surface area contributed by atoms with E-state index in [0.717, 1.165) is 27.7 Å². The maximum absolute atomic E-state index is 13.2. The van der Waals surface area contributed by atoms with Gasteiger partial charge in [-0.25, -0.2) is 8.42 Å². The molecule has 0 aliphatic carbocycles. The lowest BCUT2D eigenvalue weighted by atomic mass is 9.90. The molecule has 0 bridgehead atoms. The van der Waals surface area contributed by atoms with Crippen LogP contribution in [0.5, 0.6) is 0 Å². The molecule has 0 unspecified atom stereocenters. The van der Waals surface area contributed by atoms with E-state index in [0.29, 0.717) is 17.8 Å². The Bertz CT molecular complexity index is 1710. The van der Waals surface area contributed by atoms with Crippen LogP contribution >= 0.6 is 0 Å². The van der Waals surface area contributed by atoms with Gasteiger partial charge >= 0.3 is 0 Å². The highest BCUT2D eigenvalue weighted by Gasteiger charge is 2.23. The first kappa shape index (κ1) is 27.0. The summed E-state index contributed by atoms with van der Waals surface area (Å²) in [4.78, 5) is 18.7. The van der Waals surface area contributed by atoms with E-state index in [1.165, 1.54) is 23.5 Å². The Morgan fingerprint density at radius 3 is 2.12 bits per heavy atom. The molecular formula is C32H32N4O3S. The average molecular weight is 553 g/mol. The van der Waals surface area contributed by atoms with Gasteiger partial charge in [0.15, 0.2) is 0 Å². The van der Waals surface area contributed by atoms with Crippen molar-refractivity contribution in [1.29, 1.82) is 0 Å². The van der Waals surface area contributed by atoms with Crippen LogP contribution in [0.25, 0.3) is 10.9 Å². The first-order chi connectivity index (χ1) is 19.3. The summed E-state index contributed by atoms with van der Waals surface area (Å²) in [5.41, 5.74) is 5.27. The van der Waals surface area contributed by atoms with Crippen molar-refractivity contribution in [3.63, 3.8) is 0 Å². The molecule has 40 heavy (non-hydrogen) atoms. The van der Waals surface area contributed by atoms with E-state index in [4.69, 9.17) is 0 Å². The highest BCUT2D eigenvalue weighted by Crippen LogP contribution is 2.31. The summed E-state index contributed by atoms with van der Waals surface area (Å²) in [7, 11) is 1.76. The number of sulfonamides is 1. The van der Waals surface area contributed by atoms with Crippen LogP contribution in [0, 0.1) is 0 Å². The summed E-state index contributed by atoms with van der Waals surface area (Å²) in [6, 6.07) is 31.4. The summed E-state index contributed by atoms with van der Waals surface area (Å²) >= 11 is 0. The molecule has 4 aromatic carbocycles. The molecular weight excluding hydrogens is 520 g/mol. The third-order valence-electron chi connectivity index (χ3n) is 7.17. The number of amides is 1. The molecule has 0 saturated carbocycles. The van der Waals surface area contributed by atoms with Crippen LogP contribution in [-0.4, -0.2) is 47.0 Å². The first-order valence-electron chi connectivity index (χ1n) is 13.0. The largest absolute Gasteiger partial charge is 0.378 e. The van der Waals surface area contributed by atoms with Crippen LogP contribution < -0.4 is 14.5 Å². The molecule has 1 heterocycles. The SMILES string of the molecule is CN(C)c1ccc([C@H](CNC(=O)c2ccc(S(=O)(=O)N(C)c3ccccc3)cc2)c2c[nH]c3ccccc23)cc1. The number of fused-ring (bicyclic) bond motifs is 1. The van der Waals surface area contributed by atoms with Gasteiger partial charge < -0.3 is 15.2 Å². The van der Waals surface area contributed by atoms with Crippen LogP contribution in [0.2, 0.25) is 0 Å². The zero-order valence-electron chi connectivity index (χ0n) is 22.7. The summed E-state index contributed by atoms with van der Waals surface area (Å²) < 4.78 is 27.5. The van der Waals surface area contributed by atoms with Crippen molar-refractivity contribution in [2.45, 2.75) is 10.8 Å². The molecule has 0 saturated heterocycles. The predicted octanol–water partition coefficient (Wildman–Crippen LogP) is 5.62. The summed E-state index contributed by atoms with van der Waals surface area (Å²) in [5.74, 6) is -0.356. The lowest BCUT2D eigenvalue weighted by Crippen LogP contribution is -2.29. The van der Waals surface area contributed by atoms with Crippen LogP contribution in [0.1, 0.15) is 27.4 Å². The number of hydrogen-bond donors (Lipinski definition) is 2. The second-order valence-corrected chi connectivity index (χ2v) is 11.8. The van der Waals surface area contributed by atoms with E-state index in [1.54, 1.807) is 36.4 Å². The zero-order valence-corrected chi connectivity index (χ0v) is 23.5. The van der Waals surface area contributed by atoms with Gasteiger partial charge in [0, 0.05) is 62.0 Å². The molecule has 8 heteroatoms. The van der Waals surface area contributed by atoms with Gasteiger partial charge in [0.2, 0.25) is 0 Å². The Morgan fingerprint density at radius 1 is 0.800 bits per heavy atom. The fraction of sp³-hybridized carbons (Fsp3) is 0.156. The number of nitrogens with zero attached hydrogens (tertiary/aromatic N) is 2. The second kappa shape index (κ2) is 11.3. The topological polar surface area (TPSA) is 85.5 Å². The molecule has 0 radical (unpaired) electrons. The van der Waals surface area contributed by atoms with E-state index in [-0.39, 0.29) is 16.7 Å². The van der Waals surface area contributed by atoms with Gasteiger partial charge in [-0.1, -0.05) is 48.5 Å². The van der Waals surface area contributed by atoms with Crippen molar-refractivity contribution in [2.75, 3.05) is 36.9 Å². The fourth-order valence-electron chi connectivity index (χ4n) is 4.80. The van der Waals surface area contributed by atoms with Crippen molar-refractivity contribution in [1.82, 2.24) is 10.3 Å². The third-order valence-corrected chi connectivity index (χ3v) is 8.97. The van der Waals surface area contributed by atoms with Crippen molar-refractivity contribution in [3.05, 3.63) is 126 Å². The Balaban J connectivity index is 1.36. The highest BCUT2D eigenvalue weighted by molar-refractivity contribution is 7.92. The van der Waals surface area contributed by atoms with Crippen molar-refractivity contribution < 1.29 is 13.2 Å². The van der Waals surface area contributed by atoms with Crippen LogP contribution in [0.4, 0.5) is 11.4 Å². The maximum atomic E-state index is 13.2. The minimum Gasteiger partial charge on any atom is -0.378 e. The lowest BCUT2D eigenvalue weighted by molar-refractivity contribution is 0.0952. The second-order valence-electron chi connectivity index (χ2n) is 9.87. The van der Waals surface area contributed by atoms with Crippen molar-refractivity contribution in [3.8, 4) is 0 Å². The normalized spacial score (nSPS) is 12.2. The number of aromatic amines is 1. The number of rotatable bonds is 9. The quantitative estimate of drug-likeness (QED) is 0.249. The van der Waals surface area contributed by atoms with Gasteiger partial charge in [-0.15, -0.1) is 0 Å². The number of anilines is 2. The van der Waals surface area contributed by atoms with E-state index in [9.17, 15) is 13.2 Å². The molecule has 0 spiro atoms. The summed E-state index contributed by atoms with van der Waals surface area (Å²) in [6.07, 6.45) is 2.00. The number of para-hydroxylation sites is 2. The standard InChI is InChI=1S/C32H32N4O3S/c1-35(2)25-17-13-23(14-18-25)29(30-22-33-31-12-8-7-11-28(30)31)21-34-32(37)24-15-19-27(20-16-24)40(38,39)36(3)26-9-5-4-6-10-26/h4-20,22,29,33H,21H2,1-3H3,(H,34,37)/t29-/m0/s1. The van der Waals surface area contributed by atoms with Gasteiger partial charge in [0.1, 0.15) is 0 Å². The Labute approximate surface area is 235 Å². The Kier molecular flexibility index (Phi) is 7.62. The van der Waals surface area contributed by atoms with E-state index in [1.807, 2.05) is 49.5 Å². The number of carbonyl (C=O) groups is 1. The Morgan fingerprint density at radius 2 is 1.45 bits per heavy atom. The molecule has 2 N–H and O–H groups in total. The van der Waals surface area contributed by atoms with Gasteiger partial charge in [-0.05, 0) is 65.7 Å². The molecule has 0 aliphatic rings. The zero-order chi connectivity index (χ0) is 28.3. The molecule has 7 nitrogen and oxygen atoms in total. The van der Waals surface area contributed by atoms with E-state index < -0.39 is 10.0 Å². The first-order valence-corrected chi connectivity index (χ1v) is 14.5. The molecule has 1 amide bonds. The van der Waals surface area contributed by atoms with Crippen molar-refractivity contribution >= 4 is 38.2 Å². The molecule has 5 aromatic rings. The van der Waals surface area contributed by atoms with Crippen LogP contribution in [0.3, 0.4) is 0 Å². The van der Waals surface area contributed by atoms with E-state index in [2.05, 4.69) is 40.6 Å². The maximum Gasteiger partial charge on any atom is 0.264 e. The highest BCUT2D eigenvalue weighted by atomic mass is 32.2. The van der Waals surface area contributed by atoms with E-state index >= 15 is 0 Å². The summed E-state index contributed by atoms with van der Waals surface area (Å²) in [6.45, 7) is 0.374. The molecule has 1 atom stereocenters. The molecule has 5 rings (SSSR count). The minimum absolute atomic E-state index is 0.0875. The molecule has 0 aliphatic heterocycles. The number of hydrogen-bond acceptors (Lipinski definition) is 4. The average Bonchev–Trinajstić information content (AvgIpc) is 3.41. The fourth-order valence-corrected chi connectivity index (χ4v) is 6.00. The van der Waals surface area contributed by atoms with Gasteiger partial charge in [0.05, 0.1) is 10.6 Å². The predicted molar refractivity (Wildman–Crippen MR) is 162 cm³/mol. The number of nitrogens with one attached hydrogen (secondary N) is 2. The van der Waals surface area contributed by atoms with Crippen LogP contribution in [0.15, 0.2) is 114 Å². The number of H-pyrrole nitrogens is 1. The van der Waals surface area contributed by atoms with Gasteiger partial charge in [-0.3, -0.25) is 9.10 Å². The lowest BCUT2D eigenvalue weighted by Gasteiger charge is -2.20.